The zero-order valence-corrected chi connectivity index (χ0v) is 11.5. The number of hydrogen-bond acceptors (Lipinski definition) is 0. The second-order valence-electron chi connectivity index (χ2n) is 2.98. The summed E-state index contributed by atoms with van der Waals surface area (Å²) in [5.41, 5.74) is 2.30. The molecule has 0 fully saturated rings. The van der Waals surface area contributed by atoms with Gasteiger partial charge in [0, 0.05) is 0 Å². The van der Waals surface area contributed by atoms with E-state index in [0.717, 1.165) is 12.0 Å². The van der Waals surface area contributed by atoms with E-state index in [1.54, 1.807) is 0 Å². The van der Waals surface area contributed by atoms with Crippen molar-refractivity contribution in [3.05, 3.63) is 50.6 Å². The molecule has 0 rings (SSSR count). The maximum absolute atomic E-state index is 3.89. The van der Waals surface area contributed by atoms with Crippen molar-refractivity contribution < 1.29 is 0 Å². The lowest BCUT2D eigenvalue weighted by Crippen LogP contribution is -1.90. The van der Waals surface area contributed by atoms with Crippen LogP contribution in [0.25, 0.3) is 0 Å². The quantitative estimate of drug-likeness (QED) is 0.408. The van der Waals surface area contributed by atoms with E-state index in [9.17, 15) is 0 Å². The Morgan fingerprint density at radius 3 is 1.27 bits per heavy atom. The van der Waals surface area contributed by atoms with Crippen LogP contribution in [0.3, 0.4) is 0 Å². The van der Waals surface area contributed by atoms with E-state index in [1.165, 1.54) is 5.57 Å². The molecule has 0 aromatic carbocycles. The van der Waals surface area contributed by atoms with Gasteiger partial charge < -0.3 is 0 Å². The summed E-state index contributed by atoms with van der Waals surface area (Å²) in [5.74, 6) is 0.703. The van der Waals surface area contributed by atoms with Crippen molar-refractivity contribution >= 4 is 0 Å². The van der Waals surface area contributed by atoms with Crippen LogP contribution in [0.4, 0.5) is 0 Å². The Morgan fingerprint density at radius 2 is 1.20 bits per heavy atom. The molecule has 0 saturated carbocycles. The molecule has 0 nitrogen and oxygen atoms in total. The van der Waals surface area contributed by atoms with E-state index < -0.39 is 0 Å². The Hall–Kier alpha value is -1.04. The minimum Gasteiger partial charge on any atom is -0.106 e. The molecule has 0 atom stereocenters. The largest absolute Gasteiger partial charge is 0.106 e. The molecule has 0 unspecified atom stereocenters. The van der Waals surface area contributed by atoms with Gasteiger partial charge in [0.25, 0.3) is 0 Å². The Kier molecular flexibility index (Phi) is 36.4. The lowest BCUT2D eigenvalue weighted by atomic mass is 10.0. The average molecular weight is 210 g/mol. The Bertz CT molecular complexity index is 138. The highest BCUT2D eigenvalue weighted by molar-refractivity contribution is 5.22. The highest BCUT2D eigenvalue weighted by atomic mass is 14.0. The molecule has 0 saturated heterocycles. The van der Waals surface area contributed by atoms with Crippen LogP contribution in [0, 0.1) is 5.92 Å². The van der Waals surface area contributed by atoms with Gasteiger partial charge in [-0.15, -0.1) is 26.3 Å². The smallest absolute Gasteiger partial charge is 0.0259 e. The Morgan fingerprint density at radius 1 is 0.933 bits per heavy atom. The Labute approximate surface area is 98.1 Å². The van der Waals surface area contributed by atoms with Crippen molar-refractivity contribution in [1.29, 1.82) is 0 Å². The van der Waals surface area contributed by atoms with Crippen molar-refractivity contribution in [1.82, 2.24) is 0 Å². The van der Waals surface area contributed by atoms with Gasteiger partial charge in [-0.25, -0.2) is 0 Å². The first-order valence-electron chi connectivity index (χ1n) is 5.37. The van der Waals surface area contributed by atoms with Gasteiger partial charge in [-0.3, -0.25) is 0 Å². The number of allylic oxidation sites excluding steroid dienone is 2. The van der Waals surface area contributed by atoms with Crippen molar-refractivity contribution in [2.24, 2.45) is 5.92 Å². The fourth-order valence-corrected chi connectivity index (χ4v) is 0.667. The lowest BCUT2D eigenvalue weighted by molar-refractivity contribution is 0.647. The van der Waals surface area contributed by atoms with Crippen LogP contribution in [-0.4, -0.2) is 0 Å². The summed E-state index contributed by atoms with van der Waals surface area (Å²) < 4.78 is 0. The highest BCUT2D eigenvalue weighted by Gasteiger charge is 1.97. The molecule has 15 heavy (non-hydrogen) atoms. The van der Waals surface area contributed by atoms with Gasteiger partial charge in [-0.2, -0.15) is 0 Å². The van der Waals surface area contributed by atoms with E-state index in [4.69, 9.17) is 0 Å². The normalized spacial score (nSPS) is 6.80. The molecule has 90 valence electrons. The molecule has 0 radical (unpaired) electrons. The van der Waals surface area contributed by atoms with Crippen LogP contribution in [-0.2, 0) is 0 Å². The van der Waals surface area contributed by atoms with Crippen molar-refractivity contribution in [3.63, 3.8) is 0 Å². The zero-order chi connectivity index (χ0) is 13.4. The zero-order valence-electron chi connectivity index (χ0n) is 11.5. The molecule has 0 spiro atoms. The lowest BCUT2D eigenvalue weighted by Gasteiger charge is -2.06. The van der Waals surface area contributed by atoms with E-state index in [2.05, 4.69) is 53.3 Å². The molecule has 0 heteroatoms. The maximum Gasteiger partial charge on any atom is -0.0259 e. The van der Waals surface area contributed by atoms with Crippen molar-refractivity contribution in [2.75, 3.05) is 0 Å². The molecule has 0 aromatic heterocycles. The molecule has 0 N–H and O–H groups in total. The van der Waals surface area contributed by atoms with Crippen LogP contribution >= 0.6 is 0 Å². The summed E-state index contributed by atoms with van der Waals surface area (Å²) in [6.07, 6.45) is 1.08. The van der Waals surface area contributed by atoms with Gasteiger partial charge in [-0.1, -0.05) is 52.0 Å². The highest BCUT2D eigenvalue weighted by Crippen LogP contribution is 2.14. The summed E-state index contributed by atoms with van der Waals surface area (Å²) in [7, 11) is 0. The fourth-order valence-electron chi connectivity index (χ4n) is 0.667. The second-order valence-corrected chi connectivity index (χ2v) is 2.98. The molecule has 0 aliphatic carbocycles. The standard InChI is InChI=1S/C9H16.C2H6.2C2H4/c1-7(2)6-9(5)8(3)4;3*1-2/h7H,3,5-6H2,1-2,4H3;1-2H3;2*1-2H2. The SMILES string of the molecule is C=C.C=C.C=C(C)C(=C)CC(C)C.CC. The van der Waals surface area contributed by atoms with E-state index in [-0.39, 0.29) is 0 Å². The minimum atomic E-state index is 0.703. The molecule has 0 bridgehead atoms. The maximum atomic E-state index is 3.89. The first kappa shape index (κ1) is 23.6. The molecule has 0 aromatic rings. The number of rotatable bonds is 3. The van der Waals surface area contributed by atoms with Crippen LogP contribution in [0.2, 0.25) is 0 Å². The molecule has 0 aliphatic heterocycles. The molecular formula is C15H30. The van der Waals surface area contributed by atoms with Crippen LogP contribution in [0.5, 0.6) is 0 Å². The summed E-state index contributed by atoms with van der Waals surface area (Å²) in [5, 5.41) is 0. The third-order valence-corrected chi connectivity index (χ3v) is 1.26. The summed E-state index contributed by atoms with van der Waals surface area (Å²) in [6, 6.07) is 0. The first-order valence-corrected chi connectivity index (χ1v) is 5.37. The molecule has 0 heterocycles. The second kappa shape index (κ2) is 23.1. The third-order valence-electron chi connectivity index (χ3n) is 1.26. The molecule has 0 aliphatic rings. The van der Waals surface area contributed by atoms with Gasteiger partial charge in [-0.05, 0) is 19.3 Å². The summed E-state index contributed by atoms with van der Waals surface area (Å²) >= 11 is 0. The fraction of sp³-hybridized carbons (Fsp3) is 0.467. The van der Waals surface area contributed by atoms with Crippen LogP contribution in [0.1, 0.15) is 41.0 Å². The van der Waals surface area contributed by atoms with Gasteiger partial charge in [0.05, 0.1) is 0 Å². The topological polar surface area (TPSA) is 0 Å². The molecule has 0 amide bonds. The monoisotopic (exact) mass is 210 g/mol. The van der Waals surface area contributed by atoms with Crippen LogP contribution in [0.15, 0.2) is 50.6 Å². The van der Waals surface area contributed by atoms with Gasteiger partial charge in [0.15, 0.2) is 0 Å². The van der Waals surface area contributed by atoms with Crippen molar-refractivity contribution in [2.45, 2.75) is 41.0 Å². The van der Waals surface area contributed by atoms with Gasteiger partial charge in [0.1, 0.15) is 0 Å². The molecular weight excluding hydrogens is 180 g/mol. The minimum absolute atomic E-state index is 0.703. The van der Waals surface area contributed by atoms with Gasteiger partial charge >= 0.3 is 0 Å². The van der Waals surface area contributed by atoms with E-state index in [1.807, 2.05) is 20.8 Å². The summed E-state index contributed by atoms with van der Waals surface area (Å²) in [4.78, 5) is 0. The average Bonchev–Trinajstić information content (AvgIpc) is 2.25. The number of hydrogen-bond donors (Lipinski definition) is 0. The predicted molar refractivity (Wildman–Crippen MR) is 77.3 cm³/mol. The Balaban J connectivity index is -0.0000000860. The third kappa shape index (κ3) is 32.1. The first-order chi connectivity index (χ1) is 7.04. The van der Waals surface area contributed by atoms with Crippen molar-refractivity contribution in [3.8, 4) is 0 Å². The summed E-state index contributed by atoms with van der Waals surface area (Å²) in [6.45, 7) is 30.1. The predicted octanol–water partition coefficient (Wildman–Crippen LogP) is 5.80. The van der Waals surface area contributed by atoms with E-state index in [0.29, 0.717) is 5.92 Å². The van der Waals surface area contributed by atoms with Crippen LogP contribution < -0.4 is 0 Å². The van der Waals surface area contributed by atoms with E-state index >= 15 is 0 Å². The van der Waals surface area contributed by atoms with Gasteiger partial charge in [0.2, 0.25) is 0 Å².